The van der Waals surface area contributed by atoms with E-state index in [9.17, 15) is 9.13 Å². The Hall–Kier alpha value is -1.58. The summed E-state index contributed by atoms with van der Waals surface area (Å²) in [7, 11) is -5.51. The summed E-state index contributed by atoms with van der Waals surface area (Å²) in [4.78, 5) is 16.7. The van der Waals surface area contributed by atoms with Crippen LogP contribution in [0.5, 0.6) is 11.5 Å². The lowest BCUT2D eigenvalue weighted by Gasteiger charge is -2.04. The Morgan fingerprint density at radius 2 is 1.30 bits per heavy atom. The van der Waals surface area contributed by atoms with Crippen LogP contribution in [0, 0.1) is 0 Å². The van der Waals surface area contributed by atoms with Crippen molar-refractivity contribution in [1.82, 2.24) is 0 Å². The predicted molar refractivity (Wildman–Crippen MR) is 76.6 cm³/mol. The van der Waals surface area contributed by atoms with Crippen molar-refractivity contribution < 1.29 is 28.0 Å². The summed E-state index contributed by atoms with van der Waals surface area (Å²) in [6, 6.07) is 17.0. The number of hydrogen-bond donors (Lipinski definition) is 2. The van der Waals surface area contributed by atoms with Crippen LogP contribution in [0.1, 0.15) is 0 Å². The second-order valence-corrected chi connectivity index (χ2v) is 5.01. The van der Waals surface area contributed by atoms with E-state index in [0.29, 0.717) is 5.75 Å². The van der Waals surface area contributed by atoms with Gasteiger partial charge in [0, 0.05) is 0 Å². The summed E-state index contributed by atoms with van der Waals surface area (Å²) >= 11 is 0. The fourth-order valence-corrected chi connectivity index (χ4v) is 1.84. The molecule has 1 unspecified atom stereocenters. The molecule has 2 rings (SSSR count). The Labute approximate surface area is 117 Å². The zero-order valence-corrected chi connectivity index (χ0v) is 12.4. The number of benzene rings is 2. The molecule has 1 atom stereocenters. The van der Waals surface area contributed by atoms with Gasteiger partial charge in [0.1, 0.15) is 11.5 Å². The topological polar surface area (TPSA) is 93.1 Å². The van der Waals surface area contributed by atoms with Crippen LogP contribution in [0.4, 0.5) is 0 Å². The van der Waals surface area contributed by atoms with Crippen molar-refractivity contribution in [2.75, 3.05) is 0 Å². The van der Waals surface area contributed by atoms with E-state index in [-0.39, 0.29) is 5.75 Å². The molecule has 0 saturated heterocycles. The summed E-state index contributed by atoms with van der Waals surface area (Å²) in [6.07, 6.45) is 0. The Kier molecular flexibility index (Phi) is 7.05. The molecule has 0 heterocycles. The van der Waals surface area contributed by atoms with Gasteiger partial charge in [-0.25, -0.2) is 4.57 Å². The van der Waals surface area contributed by atoms with Crippen LogP contribution in [0.15, 0.2) is 60.7 Å². The Bertz CT molecular complexity index is 555. The maximum absolute atomic E-state index is 10.3. The van der Waals surface area contributed by atoms with Gasteiger partial charge in [-0.2, -0.15) is 0 Å². The van der Waals surface area contributed by atoms with E-state index in [4.69, 9.17) is 14.3 Å². The molecule has 20 heavy (non-hydrogen) atoms. The fourth-order valence-electron chi connectivity index (χ4n) is 1.17. The molecular formula is C12H14O6P2. The van der Waals surface area contributed by atoms with Gasteiger partial charge in [-0.3, -0.25) is 14.4 Å². The van der Waals surface area contributed by atoms with Gasteiger partial charge in [0.15, 0.2) is 0 Å². The minimum absolute atomic E-state index is 0.167. The first kappa shape index (κ1) is 16.5. The quantitative estimate of drug-likeness (QED) is 0.843. The number of para-hydroxylation sites is 2. The van der Waals surface area contributed by atoms with Crippen LogP contribution >= 0.6 is 16.5 Å². The van der Waals surface area contributed by atoms with Crippen LogP contribution in [-0.2, 0) is 9.13 Å². The zero-order chi connectivity index (χ0) is 14.8. The fraction of sp³-hybridized carbons (Fsp3) is 0. The van der Waals surface area contributed by atoms with Gasteiger partial charge >= 0.3 is 7.82 Å². The largest absolute Gasteiger partial charge is 0.524 e. The Balaban J connectivity index is 0.000000204. The molecule has 0 fully saturated rings. The first-order valence-electron chi connectivity index (χ1n) is 5.47. The highest BCUT2D eigenvalue weighted by Gasteiger charge is 2.14. The molecule has 0 radical (unpaired) electrons. The third-order valence-corrected chi connectivity index (χ3v) is 2.71. The minimum atomic E-state index is -4.39. The average Bonchev–Trinajstić information content (AvgIpc) is 2.40. The number of rotatable bonds is 4. The third-order valence-electron chi connectivity index (χ3n) is 1.89. The molecule has 0 aliphatic carbocycles. The third kappa shape index (κ3) is 7.77. The van der Waals surface area contributed by atoms with E-state index < -0.39 is 16.5 Å². The minimum Gasteiger partial charge on any atom is -0.447 e. The summed E-state index contributed by atoms with van der Waals surface area (Å²) in [6.45, 7) is 0. The van der Waals surface area contributed by atoms with Gasteiger partial charge in [-0.05, 0) is 24.3 Å². The van der Waals surface area contributed by atoms with E-state index in [1.807, 2.05) is 18.2 Å². The van der Waals surface area contributed by atoms with Crippen LogP contribution in [0.25, 0.3) is 0 Å². The lowest BCUT2D eigenvalue weighted by Crippen LogP contribution is -1.88. The van der Waals surface area contributed by atoms with E-state index >= 15 is 0 Å². The normalized spacial score (nSPS) is 10.7. The summed E-state index contributed by atoms with van der Waals surface area (Å²) in [5, 5.41) is 0. The molecule has 0 aromatic heterocycles. The monoisotopic (exact) mass is 316 g/mol. The van der Waals surface area contributed by atoms with E-state index in [1.165, 1.54) is 12.1 Å². The summed E-state index contributed by atoms with van der Waals surface area (Å²) < 4.78 is 29.2. The molecule has 0 amide bonds. The van der Waals surface area contributed by atoms with E-state index in [0.717, 1.165) is 0 Å². The van der Waals surface area contributed by atoms with Gasteiger partial charge in [0.25, 0.3) is 0 Å². The van der Waals surface area contributed by atoms with Crippen molar-refractivity contribution in [2.24, 2.45) is 0 Å². The van der Waals surface area contributed by atoms with Crippen LogP contribution in [0.2, 0.25) is 0 Å². The molecule has 2 N–H and O–H groups in total. The van der Waals surface area contributed by atoms with E-state index in [2.05, 4.69) is 4.52 Å². The lowest BCUT2D eigenvalue weighted by molar-refractivity contribution is 0.283. The van der Waals surface area contributed by atoms with Gasteiger partial charge in [-0.1, -0.05) is 36.4 Å². The van der Waals surface area contributed by atoms with Gasteiger partial charge in [-0.15, -0.1) is 0 Å². The van der Waals surface area contributed by atoms with Crippen molar-refractivity contribution in [2.45, 2.75) is 0 Å². The standard InChI is InChI=1S/C6H7O4P.C6H7O2P/c7-11(8,9)10-6-4-2-1-3-5-6;7-9-8-6-4-2-1-3-5-6/h1-5H,(H2,7,8,9);1-5H,9H2. The van der Waals surface area contributed by atoms with Gasteiger partial charge in [0.2, 0.25) is 8.69 Å². The molecule has 0 bridgehead atoms. The molecule has 0 aliphatic rings. The number of phosphoric acid groups is 1. The molecule has 2 aromatic rings. The van der Waals surface area contributed by atoms with Crippen LogP contribution < -0.4 is 9.05 Å². The predicted octanol–water partition coefficient (Wildman–Crippen LogP) is 2.89. The first-order valence-corrected chi connectivity index (χ1v) is 7.94. The molecule has 6 nitrogen and oxygen atoms in total. The van der Waals surface area contributed by atoms with Crippen molar-refractivity contribution in [3.8, 4) is 11.5 Å². The van der Waals surface area contributed by atoms with Crippen LogP contribution in [0.3, 0.4) is 0 Å². The molecule has 0 spiro atoms. The Morgan fingerprint density at radius 1 is 0.850 bits per heavy atom. The average molecular weight is 316 g/mol. The highest BCUT2D eigenvalue weighted by atomic mass is 31.2. The SMILES string of the molecule is O=P(O)(O)Oc1ccccc1.O=[PH2]Oc1ccccc1. The van der Waals surface area contributed by atoms with Crippen molar-refractivity contribution in [3.63, 3.8) is 0 Å². The highest BCUT2D eigenvalue weighted by molar-refractivity contribution is 7.46. The van der Waals surface area contributed by atoms with Gasteiger partial charge < -0.3 is 9.05 Å². The molecule has 2 aromatic carbocycles. The number of phosphoric ester groups is 1. The smallest absolute Gasteiger partial charge is 0.447 e. The molecule has 0 aliphatic heterocycles. The van der Waals surface area contributed by atoms with Crippen molar-refractivity contribution >= 4 is 16.5 Å². The molecule has 8 heteroatoms. The molecule has 0 saturated carbocycles. The summed E-state index contributed by atoms with van der Waals surface area (Å²) in [5.41, 5.74) is 0. The summed E-state index contributed by atoms with van der Waals surface area (Å²) in [5.74, 6) is 0.836. The maximum atomic E-state index is 10.3. The first-order chi connectivity index (χ1) is 9.51. The Morgan fingerprint density at radius 3 is 1.70 bits per heavy atom. The highest BCUT2D eigenvalue weighted by Crippen LogP contribution is 2.36. The lowest BCUT2D eigenvalue weighted by atomic mass is 10.3. The van der Waals surface area contributed by atoms with Crippen molar-refractivity contribution in [1.29, 1.82) is 0 Å². The number of hydrogen-bond acceptors (Lipinski definition) is 4. The van der Waals surface area contributed by atoms with Crippen molar-refractivity contribution in [3.05, 3.63) is 60.7 Å². The van der Waals surface area contributed by atoms with Crippen LogP contribution in [-0.4, -0.2) is 9.79 Å². The second kappa shape index (κ2) is 8.56. The zero-order valence-electron chi connectivity index (χ0n) is 10.3. The van der Waals surface area contributed by atoms with Gasteiger partial charge in [0.05, 0.1) is 0 Å². The van der Waals surface area contributed by atoms with E-state index in [1.54, 1.807) is 30.3 Å². The molecular weight excluding hydrogens is 302 g/mol. The molecule has 108 valence electrons. The second-order valence-electron chi connectivity index (χ2n) is 3.42. The maximum Gasteiger partial charge on any atom is 0.524 e.